The van der Waals surface area contributed by atoms with Crippen LogP contribution in [0.15, 0.2) is 29.6 Å². The molecule has 1 fully saturated rings. The molecule has 0 unspecified atom stereocenters. The molecule has 0 radical (unpaired) electrons. The zero-order valence-corrected chi connectivity index (χ0v) is 11.4. The summed E-state index contributed by atoms with van der Waals surface area (Å²) in [4.78, 5) is 24.9. The van der Waals surface area contributed by atoms with Gasteiger partial charge in [0.25, 0.3) is 5.56 Å². The molecule has 3 aromatic heterocycles. The summed E-state index contributed by atoms with van der Waals surface area (Å²) in [5.41, 5.74) is 0.236. The van der Waals surface area contributed by atoms with Crippen molar-refractivity contribution in [3.05, 3.63) is 35.1 Å². The highest BCUT2D eigenvalue weighted by Crippen LogP contribution is 2.30. The van der Waals surface area contributed by atoms with E-state index in [0.717, 1.165) is 0 Å². The molecule has 3 aromatic rings. The standard InChI is InChI=1S/C13H13N5O4/c19-5-8-7(20)4-9(22-8)18-6-15-10-11(18)16-13-14-2-1-3-17(13)12(10)21/h1-3,6-9,19-20H,4-5H2/t7-,8+,9-/m0/s1. The number of ether oxygens (including phenoxy) is 1. The number of aliphatic hydroxyl groups excluding tert-OH is 2. The summed E-state index contributed by atoms with van der Waals surface area (Å²) in [5.74, 6) is 0.263. The first kappa shape index (κ1) is 13.3. The molecule has 114 valence electrons. The summed E-state index contributed by atoms with van der Waals surface area (Å²) in [7, 11) is 0. The largest absolute Gasteiger partial charge is 0.394 e. The van der Waals surface area contributed by atoms with Crippen LogP contribution >= 0.6 is 0 Å². The molecule has 4 heterocycles. The number of imidazole rings is 1. The van der Waals surface area contributed by atoms with Crippen LogP contribution in [-0.4, -0.2) is 52.9 Å². The monoisotopic (exact) mass is 303 g/mol. The van der Waals surface area contributed by atoms with Gasteiger partial charge >= 0.3 is 0 Å². The summed E-state index contributed by atoms with van der Waals surface area (Å²) < 4.78 is 8.49. The van der Waals surface area contributed by atoms with Crippen LogP contribution in [-0.2, 0) is 4.74 Å². The number of fused-ring (bicyclic) bond motifs is 2. The van der Waals surface area contributed by atoms with Gasteiger partial charge in [-0.2, -0.15) is 4.98 Å². The minimum Gasteiger partial charge on any atom is -0.394 e. The van der Waals surface area contributed by atoms with Crippen molar-refractivity contribution in [1.82, 2.24) is 23.9 Å². The summed E-state index contributed by atoms with van der Waals surface area (Å²) in [6, 6.07) is 1.64. The molecule has 1 aliphatic rings. The first-order valence-corrected chi connectivity index (χ1v) is 6.83. The predicted molar refractivity (Wildman–Crippen MR) is 74.2 cm³/mol. The minimum absolute atomic E-state index is 0.205. The molecule has 4 rings (SSSR count). The molecule has 1 saturated heterocycles. The highest BCUT2D eigenvalue weighted by molar-refractivity contribution is 5.71. The lowest BCUT2D eigenvalue weighted by molar-refractivity contribution is -0.0432. The maximum Gasteiger partial charge on any atom is 0.287 e. The maximum atomic E-state index is 12.4. The number of hydrogen-bond acceptors (Lipinski definition) is 7. The lowest BCUT2D eigenvalue weighted by Gasteiger charge is -2.13. The topological polar surface area (TPSA) is 115 Å². The minimum atomic E-state index is -0.771. The van der Waals surface area contributed by atoms with E-state index in [1.54, 1.807) is 23.0 Å². The fraction of sp³-hybridized carbons (Fsp3) is 0.385. The fourth-order valence-electron chi connectivity index (χ4n) is 2.69. The van der Waals surface area contributed by atoms with Gasteiger partial charge in [-0.25, -0.2) is 14.4 Å². The van der Waals surface area contributed by atoms with E-state index >= 15 is 0 Å². The van der Waals surface area contributed by atoms with Crippen molar-refractivity contribution in [3.63, 3.8) is 0 Å². The van der Waals surface area contributed by atoms with Crippen molar-refractivity contribution in [3.8, 4) is 0 Å². The van der Waals surface area contributed by atoms with Crippen LogP contribution in [0.5, 0.6) is 0 Å². The Bertz CT molecular complexity index is 904. The molecule has 0 spiro atoms. The Kier molecular flexibility index (Phi) is 2.93. The molecule has 2 N–H and O–H groups in total. The van der Waals surface area contributed by atoms with E-state index in [1.165, 1.54) is 10.7 Å². The second kappa shape index (κ2) is 4.83. The lowest BCUT2D eigenvalue weighted by Crippen LogP contribution is -2.24. The van der Waals surface area contributed by atoms with Crippen LogP contribution in [0.2, 0.25) is 0 Å². The van der Waals surface area contributed by atoms with Crippen LogP contribution < -0.4 is 5.56 Å². The second-order valence-electron chi connectivity index (χ2n) is 5.15. The Morgan fingerprint density at radius 3 is 3.05 bits per heavy atom. The van der Waals surface area contributed by atoms with Crippen molar-refractivity contribution < 1.29 is 14.9 Å². The third-order valence-corrected chi connectivity index (χ3v) is 3.82. The molecule has 0 aliphatic carbocycles. The second-order valence-corrected chi connectivity index (χ2v) is 5.15. The Labute approximate surface area is 123 Å². The molecule has 22 heavy (non-hydrogen) atoms. The van der Waals surface area contributed by atoms with E-state index in [0.29, 0.717) is 12.1 Å². The van der Waals surface area contributed by atoms with Crippen LogP contribution in [0, 0.1) is 0 Å². The summed E-state index contributed by atoms with van der Waals surface area (Å²) in [5, 5.41) is 19.0. The Hall–Kier alpha value is -2.36. The number of nitrogens with zero attached hydrogens (tertiary/aromatic N) is 5. The lowest BCUT2D eigenvalue weighted by atomic mass is 10.2. The first-order valence-electron chi connectivity index (χ1n) is 6.83. The zero-order valence-electron chi connectivity index (χ0n) is 11.4. The Balaban J connectivity index is 1.88. The Morgan fingerprint density at radius 2 is 2.27 bits per heavy atom. The highest BCUT2D eigenvalue weighted by Gasteiger charge is 2.35. The van der Waals surface area contributed by atoms with Gasteiger partial charge in [0, 0.05) is 18.8 Å². The Morgan fingerprint density at radius 1 is 1.41 bits per heavy atom. The van der Waals surface area contributed by atoms with Crippen molar-refractivity contribution in [2.45, 2.75) is 24.9 Å². The predicted octanol–water partition coefficient (Wildman–Crippen LogP) is -0.920. The molecule has 0 saturated carbocycles. The third kappa shape index (κ3) is 1.83. The highest BCUT2D eigenvalue weighted by atomic mass is 16.5. The van der Waals surface area contributed by atoms with Crippen LogP contribution in [0.1, 0.15) is 12.6 Å². The van der Waals surface area contributed by atoms with Gasteiger partial charge in [-0.15, -0.1) is 0 Å². The molecule has 0 aromatic carbocycles. The zero-order chi connectivity index (χ0) is 15.3. The van der Waals surface area contributed by atoms with Crippen LogP contribution in [0.4, 0.5) is 0 Å². The van der Waals surface area contributed by atoms with E-state index in [2.05, 4.69) is 15.0 Å². The third-order valence-electron chi connectivity index (χ3n) is 3.82. The molecular formula is C13H13N5O4. The quantitative estimate of drug-likeness (QED) is 0.629. The summed E-state index contributed by atoms with van der Waals surface area (Å²) >= 11 is 0. The van der Waals surface area contributed by atoms with Gasteiger partial charge in [0.2, 0.25) is 5.78 Å². The van der Waals surface area contributed by atoms with Crippen molar-refractivity contribution in [2.75, 3.05) is 6.61 Å². The molecule has 1 aliphatic heterocycles. The van der Waals surface area contributed by atoms with Gasteiger partial charge in [0.1, 0.15) is 12.3 Å². The smallest absolute Gasteiger partial charge is 0.287 e. The molecular weight excluding hydrogens is 290 g/mol. The molecule has 0 bridgehead atoms. The summed E-state index contributed by atoms with van der Waals surface area (Å²) in [6.45, 7) is -0.273. The van der Waals surface area contributed by atoms with Gasteiger partial charge in [-0.05, 0) is 6.07 Å². The maximum absolute atomic E-state index is 12.4. The fourth-order valence-corrected chi connectivity index (χ4v) is 2.69. The van der Waals surface area contributed by atoms with Crippen molar-refractivity contribution in [2.24, 2.45) is 0 Å². The number of aromatic nitrogens is 5. The van der Waals surface area contributed by atoms with Gasteiger partial charge in [0.05, 0.1) is 19.0 Å². The summed E-state index contributed by atoms with van der Waals surface area (Å²) in [6.07, 6.45) is 2.92. The van der Waals surface area contributed by atoms with Gasteiger partial charge < -0.3 is 14.9 Å². The number of aliphatic hydroxyl groups is 2. The van der Waals surface area contributed by atoms with E-state index in [9.17, 15) is 9.90 Å². The van der Waals surface area contributed by atoms with Crippen LogP contribution in [0.3, 0.4) is 0 Å². The van der Waals surface area contributed by atoms with E-state index in [1.807, 2.05) is 0 Å². The van der Waals surface area contributed by atoms with E-state index in [4.69, 9.17) is 9.84 Å². The molecule has 0 amide bonds. The molecule has 9 nitrogen and oxygen atoms in total. The first-order chi connectivity index (χ1) is 10.7. The van der Waals surface area contributed by atoms with Gasteiger partial charge in [-0.1, -0.05) is 0 Å². The van der Waals surface area contributed by atoms with Crippen LogP contribution in [0.25, 0.3) is 16.9 Å². The molecule has 9 heteroatoms. The average molecular weight is 303 g/mol. The SMILES string of the molecule is O=c1c2ncn([C@@H]3C[C@H](O)[C@@H](CO)O3)c2nc2ncccn12. The normalized spacial score (nSPS) is 25.3. The number of hydrogen-bond donors (Lipinski definition) is 2. The van der Waals surface area contributed by atoms with Crippen molar-refractivity contribution in [1.29, 1.82) is 0 Å². The molecule has 3 atom stereocenters. The van der Waals surface area contributed by atoms with E-state index in [-0.39, 0.29) is 23.5 Å². The van der Waals surface area contributed by atoms with Gasteiger partial charge in [-0.3, -0.25) is 9.36 Å². The van der Waals surface area contributed by atoms with E-state index < -0.39 is 18.4 Å². The number of rotatable bonds is 2. The van der Waals surface area contributed by atoms with Crippen molar-refractivity contribution >= 4 is 16.9 Å². The average Bonchev–Trinajstić information content (AvgIpc) is 3.11. The van der Waals surface area contributed by atoms with Gasteiger partial charge in [0.15, 0.2) is 11.2 Å².